The first-order chi connectivity index (χ1) is 14.4. The summed E-state index contributed by atoms with van der Waals surface area (Å²) in [6.07, 6.45) is 3.62. The number of anilines is 1. The summed E-state index contributed by atoms with van der Waals surface area (Å²) in [5, 5.41) is 3.35. The van der Waals surface area contributed by atoms with Crippen LogP contribution in [-0.2, 0) is 20.8 Å². The third-order valence-electron chi connectivity index (χ3n) is 4.86. The van der Waals surface area contributed by atoms with Crippen molar-refractivity contribution in [3.05, 3.63) is 70.8 Å². The van der Waals surface area contributed by atoms with E-state index in [2.05, 4.69) is 5.32 Å². The van der Waals surface area contributed by atoms with Gasteiger partial charge in [-0.05, 0) is 41.5 Å². The molecule has 2 aromatic carbocycles. The van der Waals surface area contributed by atoms with E-state index >= 15 is 0 Å². The molecule has 1 N–H and O–H groups in total. The van der Waals surface area contributed by atoms with Gasteiger partial charge in [-0.25, -0.2) is 0 Å². The summed E-state index contributed by atoms with van der Waals surface area (Å²) in [5.74, 6) is -0.149. The molecule has 3 amide bonds. The summed E-state index contributed by atoms with van der Waals surface area (Å²) >= 11 is 5.88. The number of halogens is 1. The van der Waals surface area contributed by atoms with Crippen LogP contribution in [0.5, 0.6) is 0 Å². The van der Waals surface area contributed by atoms with Gasteiger partial charge in [-0.1, -0.05) is 35.9 Å². The Bertz CT molecular complexity index is 931. The molecule has 1 aliphatic rings. The second-order valence-corrected chi connectivity index (χ2v) is 7.58. The van der Waals surface area contributed by atoms with E-state index in [0.717, 1.165) is 11.1 Å². The Morgan fingerprint density at radius 3 is 2.13 bits per heavy atom. The van der Waals surface area contributed by atoms with E-state index in [1.165, 1.54) is 6.92 Å². The molecule has 0 spiro atoms. The normalized spacial score (nSPS) is 14.1. The van der Waals surface area contributed by atoms with Crippen molar-refractivity contribution in [1.82, 2.24) is 9.80 Å². The molecule has 30 heavy (non-hydrogen) atoms. The Morgan fingerprint density at radius 2 is 1.53 bits per heavy atom. The second-order valence-electron chi connectivity index (χ2n) is 7.15. The molecule has 0 bridgehead atoms. The fraction of sp³-hybridized carbons (Fsp3) is 0.261. The first-order valence-corrected chi connectivity index (χ1v) is 10.2. The van der Waals surface area contributed by atoms with Gasteiger partial charge in [0.2, 0.25) is 17.7 Å². The molecule has 0 unspecified atom stereocenters. The molecular weight excluding hydrogens is 402 g/mol. The molecule has 0 atom stereocenters. The third-order valence-corrected chi connectivity index (χ3v) is 5.11. The first kappa shape index (κ1) is 21.6. The minimum Gasteiger partial charge on any atom is -0.339 e. The maximum absolute atomic E-state index is 12.5. The lowest BCUT2D eigenvalue weighted by molar-refractivity contribution is -0.136. The van der Waals surface area contributed by atoms with Crippen LogP contribution in [0.15, 0.2) is 54.6 Å². The molecule has 1 heterocycles. The number of hydrogen-bond acceptors (Lipinski definition) is 3. The molecular formula is C23H24ClN3O3. The molecule has 6 nitrogen and oxygen atoms in total. The first-order valence-electron chi connectivity index (χ1n) is 9.77. The fourth-order valence-electron chi connectivity index (χ4n) is 3.22. The van der Waals surface area contributed by atoms with Crippen LogP contribution in [0.3, 0.4) is 0 Å². The van der Waals surface area contributed by atoms with Gasteiger partial charge in [0.05, 0.1) is 6.42 Å². The van der Waals surface area contributed by atoms with Gasteiger partial charge in [0, 0.05) is 49.9 Å². The van der Waals surface area contributed by atoms with Gasteiger partial charge in [-0.2, -0.15) is 0 Å². The molecule has 156 valence electrons. The largest absolute Gasteiger partial charge is 0.339 e. The third kappa shape index (κ3) is 6.19. The monoisotopic (exact) mass is 425 g/mol. The number of benzene rings is 2. The van der Waals surface area contributed by atoms with Crippen molar-refractivity contribution < 1.29 is 14.4 Å². The van der Waals surface area contributed by atoms with E-state index in [4.69, 9.17) is 11.6 Å². The summed E-state index contributed by atoms with van der Waals surface area (Å²) in [6, 6.07) is 14.5. The van der Waals surface area contributed by atoms with Crippen molar-refractivity contribution in [2.75, 3.05) is 31.5 Å². The minimum atomic E-state index is -0.126. The van der Waals surface area contributed by atoms with Crippen LogP contribution in [0.1, 0.15) is 18.1 Å². The van der Waals surface area contributed by atoms with Crippen LogP contribution < -0.4 is 5.32 Å². The highest BCUT2D eigenvalue weighted by Crippen LogP contribution is 2.13. The quantitative estimate of drug-likeness (QED) is 0.748. The number of carbonyl (C=O) groups excluding carboxylic acids is 3. The van der Waals surface area contributed by atoms with Crippen LogP contribution in [0.25, 0.3) is 6.08 Å². The molecule has 2 aromatic rings. The van der Waals surface area contributed by atoms with Gasteiger partial charge in [0.25, 0.3) is 0 Å². The van der Waals surface area contributed by atoms with Gasteiger partial charge in [-0.3, -0.25) is 14.4 Å². The Balaban J connectivity index is 1.47. The molecule has 0 aliphatic carbocycles. The van der Waals surface area contributed by atoms with E-state index in [0.29, 0.717) is 43.3 Å². The summed E-state index contributed by atoms with van der Waals surface area (Å²) < 4.78 is 0. The summed E-state index contributed by atoms with van der Waals surface area (Å²) in [6.45, 7) is 3.53. The Labute approximate surface area is 181 Å². The average molecular weight is 426 g/mol. The van der Waals surface area contributed by atoms with Crippen molar-refractivity contribution >= 4 is 41.1 Å². The van der Waals surface area contributed by atoms with Crippen LogP contribution in [-0.4, -0.2) is 53.7 Å². The lowest BCUT2D eigenvalue weighted by Crippen LogP contribution is -2.50. The summed E-state index contributed by atoms with van der Waals surface area (Å²) in [5.41, 5.74) is 2.51. The minimum absolute atomic E-state index is 0.0548. The van der Waals surface area contributed by atoms with E-state index in [1.807, 2.05) is 24.3 Å². The van der Waals surface area contributed by atoms with E-state index < -0.39 is 0 Å². The molecule has 1 fully saturated rings. The van der Waals surface area contributed by atoms with Gasteiger partial charge in [0.1, 0.15) is 0 Å². The summed E-state index contributed by atoms with van der Waals surface area (Å²) in [4.78, 5) is 39.5. The number of nitrogens with one attached hydrogen (secondary N) is 1. The highest BCUT2D eigenvalue weighted by Gasteiger charge is 2.23. The van der Waals surface area contributed by atoms with Crippen LogP contribution in [0.2, 0.25) is 5.02 Å². The molecule has 3 rings (SSSR count). The smallest absolute Gasteiger partial charge is 0.246 e. The lowest BCUT2D eigenvalue weighted by Gasteiger charge is -2.34. The molecule has 0 saturated carbocycles. The van der Waals surface area contributed by atoms with Crippen LogP contribution in [0.4, 0.5) is 5.69 Å². The zero-order chi connectivity index (χ0) is 21.5. The fourth-order valence-corrected chi connectivity index (χ4v) is 3.34. The van der Waals surface area contributed by atoms with Crippen molar-refractivity contribution in [3.63, 3.8) is 0 Å². The highest BCUT2D eigenvalue weighted by molar-refractivity contribution is 6.30. The Kier molecular flexibility index (Phi) is 7.25. The number of hydrogen-bond donors (Lipinski definition) is 1. The SMILES string of the molecule is CC(=O)Nc1ccc(/C=C/C(=O)N2CCN(C(=O)Cc3ccc(Cl)cc3)CC2)cc1. The number of rotatable bonds is 5. The van der Waals surface area contributed by atoms with E-state index in [9.17, 15) is 14.4 Å². The van der Waals surface area contributed by atoms with Crippen molar-refractivity contribution in [2.24, 2.45) is 0 Å². The number of piperazine rings is 1. The standard InChI is InChI=1S/C23H24ClN3O3/c1-17(28)25-21-9-4-18(5-10-21)6-11-22(29)26-12-14-27(15-13-26)23(30)16-19-2-7-20(24)8-3-19/h2-11H,12-16H2,1H3,(H,25,28)/b11-6+. The summed E-state index contributed by atoms with van der Waals surface area (Å²) in [7, 11) is 0. The van der Waals surface area contributed by atoms with Gasteiger partial charge in [-0.15, -0.1) is 0 Å². The van der Waals surface area contributed by atoms with Gasteiger partial charge < -0.3 is 15.1 Å². The maximum atomic E-state index is 12.5. The van der Waals surface area contributed by atoms with Crippen LogP contribution >= 0.6 is 11.6 Å². The zero-order valence-electron chi connectivity index (χ0n) is 16.8. The lowest BCUT2D eigenvalue weighted by atomic mass is 10.1. The van der Waals surface area contributed by atoms with Crippen molar-refractivity contribution in [2.45, 2.75) is 13.3 Å². The molecule has 1 aliphatic heterocycles. The molecule has 0 radical (unpaired) electrons. The molecule has 1 saturated heterocycles. The Morgan fingerprint density at radius 1 is 0.933 bits per heavy atom. The second kappa shape index (κ2) is 10.1. The maximum Gasteiger partial charge on any atom is 0.246 e. The van der Waals surface area contributed by atoms with E-state index in [-0.39, 0.29) is 17.7 Å². The average Bonchev–Trinajstić information content (AvgIpc) is 2.74. The Hall–Kier alpha value is -3.12. The number of amides is 3. The van der Waals surface area contributed by atoms with Crippen molar-refractivity contribution in [3.8, 4) is 0 Å². The van der Waals surface area contributed by atoms with Crippen LogP contribution in [0, 0.1) is 0 Å². The van der Waals surface area contributed by atoms with Gasteiger partial charge in [0.15, 0.2) is 0 Å². The predicted molar refractivity (Wildman–Crippen MR) is 118 cm³/mol. The molecule has 7 heteroatoms. The van der Waals surface area contributed by atoms with E-state index in [1.54, 1.807) is 46.2 Å². The predicted octanol–water partition coefficient (Wildman–Crippen LogP) is 3.23. The zero-order valence-corrected chi connectivity index (χ0v) is 17.6. The number of carbonyl (C=O) groups is 3. The van der Waals surface area contributed by atoms with Crippen molar-refractivity contribution in [1.29, 1.82) is 0 Å². The molecule has 0 aromatic heterocycles. The highest BCUT2D eigenvalue weighted by atomic mass is 35.5. The van der Waals surface area contributed by atoms with Gasteiger partial charge >= 0.3 is 0 Å². The number of nitrogens with zero attached hydrogens (tertiary/aromatic N) is 2. The topological polar surface area (TPSA) is 69.7 Å².